The maximum atomic E-state index is 12.8. The van der Waals surface area contributed by atoms with Crippen molar-refractivity contribution in [1.82, 2.24) is 9.80 Å². The second kappa shape index (κ2) is 9.28. The summed E-state index contributed by atoms with van der Waals surface area (Å²) in [7, 11) is 1.23. The summed E-state index contributed by atoms with van der Waals surface area (Å²) in [6, 6.07) is 4.82. The number of hydrogen-bond donors (Lipinski definition) is 2. The van der Waals surface area contributed by atoms with E-state index in [1.165, 1.54) is 12.0 Å². The van der Waals surface area contributed by atoms with Crippen molar-refractivity contribution in [1.29, 1.82) is 0 Å². The Morgan fingerprint density at radius 3 is 2.62 bits per heavy atom. The van der Waals surface area contributed by atoms with E-state index in [1.807, 2.05) is 0 Å². The van der Waals surface area contributed by atoms with E-state index in [9.17, 15) is 14.4 Å². The molecule has 9 heteroatoms. The van der Waals surface area contributed by atoms with E-state index in [2.05, 4.69) is 5.32 Å². The molecule has 0 bridgehead atoms. The highest BCUT2D eigenvalue weighted by molar-refractivity contribution is 6.33. The molecule has 2 N–H and O–H groups in total. The molecule has 2 aliphatic rings. The van der Waals surface area contributed by atoms with Gasteiger partial charge in [-0.15, -0.1) is 0 Å². The van der Waals surface area contributed by atoms with E-state index >= 15 is 0 Å². The number of aliphatic hydroxyl groups is 1. The first-order valence-electron chi connectivity index (χ1n) is 9.53. The van der Waals surface area contributed by atoms with Gasteiger partial charge >= 0.3 is 5.97 Å². The Kier molecular flexibility index (Phi) is 6.76. The van der Waals surface area contributed by atoms with Crippen LogP contribution >= 0.6 is 11.6 Å². The Bertz CT molecular complexity index is 849. The molecule has 29 heavy (non-hydrogen) atoms. The summed E-state index contributed by atoms with van der Waals surface area (Å²) in [5.41, 5.74) is 0.992. The van der Waals surface area contributed by atoms with Crippen molar-refractivity contribution >= 4 is 35.1 Å². The van der Waals surface area contributed by atoms with E-state index in [0.29, 0.717) is 16.3 Å². The molecule has 0 aromatic heterocycles. The molecular formula is C20H24ClN3O5. The molecule has 0 radical (unpaired) electrons. The summed E-state index contributed by atoms with van der Waals surface area (Å²) >= 11 is 6.28. The number of amides is 2. The molecule has 2 amide bonds. The topological polar surface area (TPSA) is 99.2 Å². The van der Waals surface area contributed by atoms with E-state index < -0.39 is 11.9 Å². The monoisotopic (exact) mass is 421 g/mol. The summed E-state index contributed by atoms with van der Waals surface area (Å²) in [5.74, 6) is -1.17. The number of benzene rings is 1. The zero-order chi connectivity index (χ0) is 21.0. The number of nitrogens with zero attached hydrogens (tertiary/aromatic N) is 2. The largest absolute Gasteiger partial charge is 0.466 e. The highest BCUT2D eigenvalue weighted by Crippen LogP contribution is 2.29. The summed E-state index contributed by atoms with van der Waals surface area (Å²) in [5, 5.41) is 12.4. The van der Waals surface area contributed by atoms with Gasteiger partial charge in [0.1, 0.15) is 5.70 Å². The minimum atomic E-state index is -0.641. The number of rotatable bonds is 6. The highest BCUT2D eigenvalue weighted by Gasteiger charge is 2.34. The van der Waals surface area contributed by atoms with Gasteiger partial charge in [-0.3, -0.25) is 9.59 Å². The fraction of sp³-hybridized carbons (Fsp3) is 0.450. The van der Waals surface area contributed by atoms with Crippen LogP contribution in [0.4, 0.5) is 5.69 Å². The summed E-state index contributed by atoms with van der Waals surface area (Å²) < 4.78 is 4.78. The average Bonchev–Trinajstić information content (AvgIpc) is 3.05. The van der Waals surface area contributed by atoms with Crippen LogP contribution in [-0.2, 0) is 14.3 Å². The van der Waals surface area contributed by atoms with Crippen LogP contribution < -0.4 is 5.32 Å². The smallest absolute Gasteiger partial charge is 0.337 e. The molecule has 0 saturated carbocycles. The molecule has 3 rings (SSSR count). The third-order valence-corrected chi connectivity index (χ3v) is 5.40. The van der Waals surface area contributed by atoms with Gasteiger partial charge in [0.2, 0.25) is 0 Å². The minimum absolute atomic E-state index is 0.0262. The molecule has 1 saturated heterocycles. The molecule has 1 fully saturated rings. The Balaban J connectivity index is 1.88. The molecule has 8 nitrogen and oxygen atoms in total. The van der Waals surface area contributed by atoms with Crippen molar-refractivity contribution in [3.63, 3.8) is 0 Å². The maximum Gasteiger partial charge on any atom is 0.337 e. The Morgan fingerprint density at radius 1 is 1.24 bits per heavy atom. The molecule has 2 aliphatic heterocycles. The van der Waals surface area contributed by atoms with E-state index in [-0.39, 0.29) is 36.9 Å². The third-order valence-electron chi connectivity index (χ3n) is 5.07. The number of methoxy groups -OCH3 is 1. The molecule has 0 atom stereocenters. The number of halogens is 1. The normalized spacial score (nSPS) is 17.0. The van der Waals surface area contributed by atoms with Gasteiger partial charge in [0.05, 0.1) is 36.5 Å². The number of nitrogens with one attached hydrogen (secondary N) is 1. The second-order valence-electron chi connectivity index (χ2n) is 6.97. The van der Waals surface area contributed by atoms with Gasteiger partial charge < -0.3 is 25.0 Å². The Morgan fingerprint density at radius 2 is 1.97 bits per heavy atom. The lowest BCUT2D eigenvalue weighted by Crippen LogP contribution is -2.35. The number of likely N-dealkylation sites (tertiary alicyclic amines) is 1. The van der Waals surface area contributed by atoms with Gasteiger partial charge in [0.15, 0.2) is 0 Å². The number of aliphatic hydroxyl groups excluding tert-OH is 1. The van der Waals surface area contributed by atoms with Crippen molar-refractivity contribution in [2.24, 2.45) is 0 Å². The number of anilines is 1. The highest BCUT2D eigenvalue weighted by atomic mass is 35.5. The lowest BCUT2D eigenvalue weighted by molar-refractivity contribution is -0.136. The van der Waals surface area contributed by atoms with Crippen LogP contribution in [0, 0.1) is 0 Å². The van der Waals surface area contributed by atoms with Crippen LogP contribution in [0.1, 0.15) is 29.6 Å². The van der Waals surface area contributed by atoms with Crippen LogP contribution in [0.3, 0.4) is 0 Å². The molecule has 1 aromatic rings. The molecule has 0 aliphatic carbocycles. The minimum Gasteiger partial charge on any atom is -0.466 e. The van der Waals surface area contributed by atoms with Crippen molar-refractivity contribution in [3.8, 4) is 0 Å². The lowest BCUT2D eigenvalue weighted by Gasteiger charge is -2.27. The van der Waals surface area contributed by atoms with Crippen molar-refractivity contribution < 1.29 is 24.2 Å². The van der Waals surface area contributed by atoms with Gasteiger partial charge in [-0.05, 0) is 37.5 Å². The average molecular weight is 422 g/mol. The van der Waals surface area contributed by atoms with E-state index in [0.717, 1.165) is 32.4 Å². The summed E-state index contributed by atoms with van der Waals surface area (Å²) in [6.45, 7) is 1.32. The fourth-order valence-electron chi connectivity index (χ4n) is 3.52. The first-order chi connectivity index (χ1) is 14.0. The number of ether oxygens (including phenoxy) is 1. The lowest BCUT2D eigenvalue weighted by atomic mass is 10.1. The Labute approximate surface area is 174 Å². The van der Waals surface area contributed by atoms with E-state index in [4.69, 9.17) is 21.4 Å². The quantitative estimate of drug-likeness (QED) is 0.677. The number of hydrogen-bond acceptors (Lipinski definition) is 6. The number of piperidine rings is 1. The van der Waals surface area contributed by atoms with E-state index in [1.54, 1.807) is 23.1 Å². The van der Waals surface area contributed by atoms with Crippen LogP contribution in [0.25, 0.3) is 0 Å². The van der Waals surface area contributed by atoms with Crippen LogP contribution in [0.15, 0.2) is 29.5 Å². The first kappa shape index (κ1) is 21.1. The van der Waals surface area contributed by atoms with Crippen LogP contribution in [0.5, 0.6) is 0 Å². The van der Waals surface area contributed by atoms with Gasteiger partial charge in [-0.25, -0.2) is 4.79 Å². The molecule has 156 valence electrons. The molecular weight excluding hydrogens is 398 g/mol. The predicted octanol–water partition coefficient (Wildman–Crippen LogP) is 1.64. The van der Waals surface area contributed by atoms with Crippen molar-refractivity contribution in [2.75, 3.05) is 45.2 Å². The fourth-order valence-corrected chi connectivity index (χ4v) is 3.68. The van der Waals surface area contributed by atoms with Gasteiger partial charge in [0, 0.05) is 25.2 Å². The van der Waals surface area contributed by atoms with Crippen molar-refractivity contribution in [2.45, 2.75) is 19.3 Å². The SMILES string of the molecule is COC(=O)C1=C(Nc2cc(C(=O)N3CCCCC3)ccc2Cl)C(=O)N(CCO)C1. The van der Waals surface area contributed by atoms with Crippen LogP contribution in [-0.4, -0.2) is 72.6 Å². The molecule has 1 aromatic carbocycles. The first-order valence-corrected chi connectivity index (χ1v) is 9.91. The van der Waals surface area contributed by atoms with Crippen LogP contribution in [0.2, 0.25) is 5.02 Å². The zero-order valence-electron chi connectivity index (χ0n) is 16.2. The second-order valence-corrected chi connectivity index (χ2v) is 7.38. The van der Waals surface area contributed by atoms with Gasteiger partial charge in [-0.2, -0.15) is 0 Å². The van der Waals surface area contributed by atoms with Gasteiger partial charge in [0.25, 0.3) is 11.8 Å². The zero-order valence-corrected chi connectivity index (χ0v) is 17.0. The number of β-amino-alcohol motifs (C(OH)–C–C–N with tert-alkyl or cyclic N) is 1. The summed E-state index contributed by atoms with van der Waals surface area (Å²) in [6.07, 6.45) is 3.08. The number of esters is 1. The van der Waals surface area contributed by atoms with Gasteiger partial charge in [-0.1, -0.05) is 11.6 Å². The number of carbonyl (C=O) groups is 3. The molecule has 0 unspecified atom stereocenters. The predicted molar refractivity (Wildman–Crippen MR) is 108 cm³/mol. The number of carbonyl (C=O) groups excluding carboxylic acids is 3. The van der Waals surface area contributed by atoms with Crippen molar-refractivity contribution in [3.05, 3.63) is 40.1 Å². The molecule has 0 spiro atoms. The standard InChI is InChI=1S/C20H24ClN3O5/c1-29-20(28)14-12-24(9-10-25)19(27)17(14)22-16-11-13(5-6-15(16)21)18(26)23-7-3-2-4-8-23/h5-6,11,22,25H,2-4,7-10,12H2,1H3. The maximum absolute atomic E-state index is 12.8. The Hall–Kier alpha value is -2.58. The summed E-state index contributed by atoms with van der Waals surface area (Å²) in [4.78, 5) is 40.7. The third kappa shape index (κ3) is 4.54. The molecule has 2 heterocycles.